The van der Waals surface area contributed by atoms with Gasteiger partial charge in [0.25, 0.3) is 0 Å². The Bertz CT molecular complexity index is 1060. The van der Waals surface area contributed by atoms with E-state index < -0.39 is 5.97 Å². The van der Waals surface area contributed by atoms with Crippen molar-refractivity contribution < 1.29 is 19.4 Å². The molecule has 2 aromatic rings. The summed E-state index contributed by atoms with van der Waals surface area (Å²) < 4.78 is 5.33. The Morgan fingerprint density at radius 1 is 1.19 bits per heavy atom. The number of nitrogens with zero attached hydrogens (tertiary/aromatic N) is 2. The van der Waals surface area contributed by atoms with E-state index in [0.29, 0.717) is 40.1 Å². The normalized spacial score (nSPS) is 21.5. The monoisotopic (exact) mass is 532 g/mol. The number of hydrogen-bond donors (Lipinski definition) is 1. The molecule has 1 saturated carbocycles. The molecule has 2 heterocycles. The number of carboxylic acids is 1. The Balaban J connectivity index is 1.36. The number of halogens is 1. The van der Waals surface area contributed by atoms with Crippen molar-refractivity contribution in [3.63, 3.8) is 0 Å². The number of likely N-dealkylation sites (tertiary alicyclic amines) is 1. The number of carbonyl (C=O) groups is 2. The van der Waals surface area contributed by atoms with E-state index in [1.165, 1.54) is 38.3 Å². The van der Waals surface area contributed by atoms with E-state index in [0.717, 1.165) is 37.1 Å². The number of Topliss-reactive ketones (excluding diaryl/α,β-unsaturated/α-hetero) is 1. The first-order valence-electron chi connectivity index (χ1n) is 13.2. The van der Waals surface area contributed by atoms with Gasteiger partial charge in [0.05, 0.1) is 17.6 Å². The standard InChI is InChI=1S/C28H37ClN2O4S/c1-35-21-8-9-25-23(16-21)28(24(29)17-30-25)26(32)10-7-19-11-12-31(18-20(19)15-27(33)34)13-14-36-22-5-3-2-4-6-22/h8-9,16-17,19-20,22H,2-7,10-15,18H2,1H3,(H,33,34). The number of aromatic nitrogens is 1. The summed E-state index contributed by atoms with van der Waals surface area (Å²) >= 11 is 8.52. The van der Waals surface area contributed by atoms with Crippen molar-refractivity contribution in [3.8, 4) is 5.75 Å². The van der Waals surface area contributed by atoms with Gasteiger partial charge in [-0.1, -0.05) is 30.9 Å². The second-order valence-electron chi connectivity index (χ2n) is 10.2. The summed E-state index contributed by atoms with van der Waals surface area (Å²) in [6.07, 6.45) is 10.4. The number of aliphatic carboxylic acids is 1. The van der Waals surface area contributed by atoms with Crippen LogP contribution in [0.4, 0.5) is 0 Å². The van der Waals surface area contributed by atoms with E-state index in [-0.39, 0.29) is 24.0 Å². The summed E-state index contributed by atoms with van der Waals surface area (Å²) in [6.45, 7) is 2.78. The van der Waals surface area contributed by atoms with Crippen molar-refractivity contribution in [1.29, 1.82) is 0 Å². The van der Waals surface area contributed by atoms with Gasteiger partial charge in [0.15, 0.2) is 5.78 Å². The molecule has 1 N–H and O–H groups in total. The van der Waals surface area contributed by atoms with E-state index in [2.05, 4.69) is 21.6 Å². The topological polar surface area (TPSA) is 79.7 Å². The Morgan fingerprint density at radius 2 is 2.00 bits per heavy atom. The summed E-state index contributed by atoms with van der Waals surface area (Å²) in [7, 11) is 1.59. The van der Waals surface area contributed by atoms with Crippen LogP contribution in [0.15, 0.2) is 24.4 Å². The van der Waals surface area contributed by atoms with Crippen LogP contribution >= 0.6 is 23.4 Å². The second-order valence-corrected chi connectivity index (χ2v) is 12.0. The fraction of sp³-hybridized carbons (Fsp3) is 0.607. The number of hydrogen-bond acceptors (Lipinski definition) is 6. The van der Waals surface area contributed by atoms with Gasteiger partial charge < -0.3 is 14.7 Å². The number of pyridine rings is 1. The smallest absolute Gasteiger partial charge is 0.303 e. The van der Waals surface area contributed by atoms with Crippen molar-refractivity contribution in [1.82, 2.24) is 9.88 Å². The van der Waals surface area contributed by atoms with Crippen molar-refractivity contribution in [3.05, 3.63) is 35.0 Å². The molecule has 36 heavy (non-hydrogen) atoms. The fourth-order valence-corrected chi connectivity index (χ4v) is 7.39. The Morgan fingerprint density at radius 3 is 2.75 bits per heavy atom. The molecular formula is C28H37ClN2O4S. The van der Waals surface area contributed by atoms with E-state index in [9.17, 15) is 14.7 Å². The van der Waals surface area contributed by atoms with E-state index >= 15 is 0 Å². The molecule has 196 valence electrons. The first-order chi connectivity index (χ1) is 17.4. The third kappa shape index (κ3) is 7.14. The highest BCUT2D eigenvalue weighted by atomic mass is 35.5. The molecule has 1 aliphatic heterocycles. The largest absolute Gasteiger partial charge is 0.497 e. The van der Waals surface area contributed by atoms with Crippen molar-refractivity contribution in [2.75, 3.05) is 32.5 Å². The molecule has 2 fully saturated rings. The second kappa shape index (κ2) is 13.1. The number of piperidine rings is 1. The van der Waals surface area contributed by atoms with Gasteiger partial charge in [-0.05, 0) is 62.3 Å². The molecule has 1 aliphatic carbocycles. The molecule has 0 amide bonds. The van der Waals surface area contributed by atoms with Gasteiger partial charge >= 0.3 is 5.97 Å². The molecule has 8 heteroatoms. The number of methoxy groups -OCH3 is 1. The van der Waals surface area contributed by atoms with Gasteiger partial charge in [-0.3, -0.25) is 14.6 Å². The van der Waals surface area contributed by atoms with Gasteiger partial charge in [0, 0.05) is 54.1 Å². The van der Waals surface area contributed by atoms with Crippen LogP contribution in [0.3, 0.4) is 0 Å². The SMILES string of the molecule is COc1ccc2ncc(Cl)c(C(=O)CCC3CCN(CCSC4CCCCC4)CC3CC(=O)O)c2c1. The van der Waals surface area contributed by atoms with Crippen LogP contribution in [0.2, 0.25) is 5.02 Å². The molecule has 1 aromatic heterocycles. The number of fused-ring (bicyclic) bond motifs is 1. The maximum absolute atomic E-state index is 13.3. The number of rotatable bonds is 11. The number of benzene rings is 1. The Labute approximate surface area is 223 Å². The van der Waals surface area contributed by atoms with Crippen molar-refractivity contribution in [2.45, 2.75) is 63.0 Å². The van der Waals surface area contributed by atoms with Crippen LogP contribution in [0.5, 0.6) is 5.75 Å². The van der Waals surface area contributed by atoms with Crippen LogP contribution in [0, 0.1) is 11.8 Å². The number of thioether (sulfide) groups is 1. The molecular weight excluding hydrogens is 496 g/mol. The van der Waals surface area contributed by atoms with Crippen molar-refractivity contribution in [2.24, 2.45) is 11.8 Å². The fourth-order valence-electron chi connectivity index (χ4n) is 5.77. The zero-order valence-corrected chi connectivity index (χ0v) is 22.7. The number of ether oxygens (including phenoxy) is 1. The predicted octanol–water partition coefficient (Wildman–Crippen LogP) is 6.34. The highest BCUT2D eigenvalue weighted by Crippen LogP contribution is 2.34. The lowest BCUT2D eigenvalue weighted by atomic mass is 9.79. The van der Waals surface area contributed by atoms with E-state index in [1.807, 2.05) is 12.1 Å². The Kier molecular flexibility index (Phi) is 9.91. The lowest BCUT2D eigenvalue weighted by molar-refractivity contribution is -0.139. The molecule has 1 aromatic carbocycles. The molecule has 2 aliphatic rings. The third-order valence-electron chi connectivity index (χ3n) is 7.78. The number of ketones is 1. The molecule has 0 bridgehead atoms. The predicted molar refractivity (Wildman–Crippen MR) is 146 cm³/mol. The summed E-state index contributed by atoms with van der Waals surface area (Å²) in [6, 6.07) is 5.44. The highest BCUT2D eigenvalue weighted by molar-refractivity contribution is 7.99. The summed E-state index contributed by atoms with van der Waals surface area (Å²) in [5, 5.41) is 11.4. The number of carbonyl (C=O) groups excluding carboxylic acids is 1. The average Bonchev–Trinajstić information content (AvgIpc) is 2.88. The third-order valence-corrected chi connectivity index (χ3v) is 9.42. The molecule has 6 nitrogen and oxygen atoms in total. The Hall–Kier alpha value is -1.83. The van der Waals surface area contributed by atoms with Crippen LogP contribution in [-0.2, 0) is 4.79 Å². The van der Waals surface area contributed by atoms with Gasteiger partial charge in [-0.15, -0.1) is 0 Å². The zero-order chi connectivity index (χ0) is 25.5. The van der Waals surface area contributed by atoms with E-state index in [1.54, 1.807) is 13.2 Å². The van der Waals surface area contributed by atoms with Gasteiger partial charge in [-0.2, -0.15) is 11.8 Å². The maximum Gasteiger partial charge on any atom is 0.303 e. The first kappa shape index (κ1) is 27.2. The lowest BCUT2D eigenvalue weighted by Crippen LogP contribution is -2.42. The summed E-state index contributed by atoms with van der Waals surface area (Å²) in [5.74, 6) is 1.26. The molecule has 2 atom stereocenters. The number of carboxylic acid groups (broad SMARTS) is 1. The summed E-state index contributed by atoms with van der Waals surface area (Å²) in [5.41, 5.74) is 1.18. The molecule has 1 saturated heterocycles. The van der Waals surface area contributed by atoms with Crippen LogP contribution < -0.4 is 4.74 Å². The zero-order valence-electron chi connectivity index (χ0n) is 21.1. The average molecular weight is 533 g/mol. The van der Waals surface area contributed by atoms with Crippen LogP contribution in [0.1, 0.15) is 68.1 Å². The van der Waals surface area contributed by atoms with Gasteiger partial charge in [-0.25, -0.2) is 0 Å². The minimum atomic E-state index is -0.759. The van der Waals surface area contributed by atoms with Crippen molar-refractivity contribution >= 4 is 46.0 Å². The van der Waals surface area contributed by atoms with Gasteiger partial charge in [0.2, 0.25) is 0 Å². The maximum atomic E-state index is 13.3. The quantitative estimate of drug-likeness (QED) is 0.338. The highest BCUT2D eigenvalue weighted by Gasteiger charge is 2.31. The van der Waals surface area contributed by atoms with Crippen LogP contribution in [0.25, 0.3) is 10.9 Å². The van der Waals surface area contributed by atoms with Gasteiger partial charge in [0.1, 0.15) is 5.75 Å². The molecule has 0 spiro atoms. The van der Waals surface area contributed by atoms with Crippen LogP contribution in [-0.4, -0.2) is 64.5 Å². The minimum Gasteiger partial charge on any atom is -0.497 e. The minimum absolute atomic E-state index is 0.0268. The first-order valence-corrected chi connectivity index (χ1v) is 14.6. The summed E-state index contributed by atoms with van der Waals surface area (Å²) in [4.78, 5) is 31.7. The molecule has 2 unspecified atom stereocenters. The lowest BCUT2D eigenvalue weighted by Gasteiger charge is -2.38. The molecule has 0 radical (unpaired) electrons. The van der Waals surface area contributed by atoms with E-state index in [4.69, 9.17) is 16.3 Å². The molecule has 4 rings (SSSR count).